The lowest BCUT2D eigenvalue weighted by Gasteiger charge is -2.22. The third kappa shape index (κ3) is 6.77. The summed E-state index contributed by atoms with van der Waals surface area (Å²) >= 11 is 0. The molecule has 3 aromatic carbocycles. The number of carbonyl (C=O) groups is 3. The molecule has 3 aromatic rings. The zero-order chi connectivity index (χ0) is 27.1. The Morgan fingerprint density at radius 1 is 1.08 bits per heavy atom. The molecule has 0 saturated carbocycles. The average molecular weight is 512 g/mol. The zero-order valence-corrected chi connectivity index (χ0v) is 21.1. The third-order valence-electron chi connectivity index (χ3n) is 6.47. The number of ether oxygens (including phenoxy) is 1. The van der Waals surface area contributed by atoms with Gasteiger partial charge in [0.05, 0.1) is 17.2 Å². The monoisotopic (exact) mass is 511 g/mol. The van der Waals surface area contributed by atoms with Crippen molar-refractivity contribution in [1.29, 1.82) is 5.26 Å². The molecule has 2 atom stereocenters. The molecule has 0 radical (unpaired) electrons. The van der Waals surface area contributed by atoms with Crippen LogP contribution in [0.2, 0.25) is 0 Å². The molecule has 1 amide bonds. The van der Waals surface area contributed by atoms with Gasteiger partial charge < -0.3 is 20.5 Å². The normalized spacial score (nSPS) is 13.5. The first-order valence-corrected chi connectivity index (χ1v) is 12.5. The van der Waals surface area contributed by atoms with Gasteiger partial charge in [0.25, 0.3) is 0 Å². The fraction of sp³-hybridized carbons (Fsp3) is 0.267. The number of hydrogen-bond acceptors (Lipinski definition) is 6. The van der Waals surface area contributed by atoms with Gasteiger partial charge in [0.1, 0.15) is 18.7 Å². The van der Waals surface area contributed by atoms with Crippen LogP contribution in [0, 0.1) is 18.3 Å². The minimum atomic E-state index is -0.985. The Hall–Kier alpha value is -4.64. The predicted octanol–water partition coefficient (Wildman–Crippen LogP) is 4.42. The largest absolute Gasteiger partial charge is 0.478 e. The molecule has 0 saturated heterocycles. The van der Waals surface area contributed by atoms with Crippen LogP contribution in [0.4, 0.5) is 5.69 Å². The summed E-state index contributed by atoms with van der Waals surface area (Å²) in [5.74, 6) is -1.70. The highest BCUT2D eigenvalue weighted by Gasteiger charge is 2.25. The lowest BCUT2D eigenvalue weighted by Crippen LogP contribution is -2.45. The fourth-order valence-electron chi connectivity index (χ4n) is 4.50. The second kappa shape index (κ2) is 12.1. The molecule has 1 aliphatic rings. The van der Waals surface area contributed by atoms with E-state index in [9.17, 15) is 24.8 Å². The number of nitrogens with one attached hydrogen (secondary N) is 2. The number of amides is 1. The van der Waals surface area contributed by atoms with Crippen molar-refractivity contribution in [3.05, 3.63) is 100 Å². The van der Waals surface area contributed by atoms with Gasteiger partial charge in [-0.1, -0.05) is 48.0 Å². The minimum Gasteiger partial charge on any atom is -0.478 e. The molecule has 0 spiro atoms. The molecular weight excluding hydrogens is 482 g/mol. The van der Waals surface area contributed by atoms with E-state index in [1.807, 2.05) is 49.4 Å². The molecule has 2 unspecified atom stereocenters. The van der Waals surface area contributed by atoms with Gasteiger partial charge in [-0.2, -0.15) is 5.26 Å². The van der Waals surface area contributed by atoms with Gasteiger partial charge in [0, 0.05) is 17.7 Å². The summed E-state index contributed by atoms with van der Waals surface area (Å²) < 4.78 is 5.08. The summed E-state index contributed by atoms with van der Waals surface area (Å²) in [6.07, 6.45) is 1.99. The van der Waals surface area contributed by atoms with Crippen molar-refractivity contribution in [2.45, 2.75) is 51.3 Å². The van der Waals surface area contributed by atoms with E-state index in [1.54, 1.807) is 18.2 Å². The maximum Gasteiger partial charge on any atom is 0.338 e. The van der Waals surface area contributed by atoms with E-state index < -0.39 is 18.1 Å². The van der Waals surface area contributed by atoms with Crippen LogP contribution in [0.1, 0.15) is 55.8 Å². The van der Waals surface area contributed by atoms with Gasteiger partial charge in [-0.15, -0.1) is 0 Å². The lowest BCUT2D eigenvalue weighted by atomic mass is 10.0. The van der Waals surface area contributed by atoms with Gasteiger partial charge in [-0.25, -0.2) is 9.59 Å². The molecule has 1 aliphatic heterocycles. The topological polar surface area (TPSA) is 129 Å². The second-order valence-electron chi connectivity index (χ2n) is 9.43. The number of carbonyl (C=O) groups excluding carboxylic acids is 2. The van der Waals surface area contributed by atoms with Crippen molar-refractivity contribution >= 4 is 23.5 Å². The Balaban J connectivity index is 1.43. The highest BCUT2D eigenvalue weighted by Crippen LogP contribution is 2.24. The first kappa shape index (κ1) is 26.4. The number of fused-ring (bicyclic) bond motifs is 1. The molecule has 0 fully saturated rings. The number of nitriles is 1. The van der Waals surface area contributed by atoms with E-state index in [2.05, 4.69) is 16.7 Å². The molecule has 8 nitrogen and oxygen atoms in total. The standard InChI is InChI=1S/C30H29N3O5/c1-19-5-2-8-21(13-19)15-27(32-24-12-11-23-18-38-30(37)26(23)16-24)28(34)33-25(17-31)10-4-7-20-6-3-9-22(14-20)29(35)36/h2-3,5-6,8-9,11-14,16,25,27,32H,4,7,10,15,18H2,1H3,(H,33,34)(H,35,36). The molecule has 4 rings (SSSR count). The van der Waals surface area contributed by atoms with Gasteiger partial charge in [-0.05, 0) is 61.6 Å². The third-order valence-corrected chi connectivity index (χ3v) is 6.47. The van der Waals surface area contributed by atoms with Crippen molar-refractivity contribution in [1.82, 2.24) is 5.32 Å². The molecule has 8 heteroatoms. The Labute approximate surface area is 221 Å². The number of hydrogen-bond donors (Lipinski definition) is 3. The van der Waals surface area contributed by atoms with E-state index in [-0.39, 0.29) is 24.0 Å². The van der Waals surface area contributed by atoms with E-state index in [4.69, 9.17) is 4.74 Å². The molecule has 1 heterocycles. The Bertz CT molecular complexity index is 1390. The maximum absolute atomic E-state index is 13.4. The van der Waals surface area contributed by atoms with Gasteiger partial charge in [0.15, 0.2) is 0 Å². The summed E-state index contributed by atoms with van der Waals surface area (Å²) in [6, 6.07) is 20.7. The summed E-state index contributed by atoms with van der Waals surface area (Å²) in [5.41, 5.74) is 5.01. The Kier molecular flexibility index (Phi) is 8.39. The van der Waals surface area contributed by atoms with Crippen molar-refractivity contribution < 1.29 is 24.2 Å². The van der Waals surface area contributed by atoms with E-state index >= 15 is 0 Å². The molecule has 0 bridgehead atoms. The van der Waals surface area contributed by atoms with Crippen LogP contribution in [-0.4, -0.2) is 35.0 Å². The first-order valence-electron chi connectivity index (χ1n) is 12.5. The van der Waals surface area contributed by atoms with Crippen LogP contribution in [0.5, 0.6) is 0 Å². The number of aromatic carboxylic acids is 1. The zero-order valence-electron chi connectivity index (χ0n) is 21.1. The quantitative estimate of drug-likeness (QED) is 0.325. The number of nitrogens with zero attached hydrogens (tertiary/aromatic N) is 1. The molecule has 3 N–H and O–H groups in total. The number of benzene rings is 3. The SMILES string of the molecule is Cc1cccc(CC(Nc2ccc3c(c2)C(=O)OC3)C(=O)NC(C#N)CCCc2cccc(C(=O)O)c2)c1. The van der Waals surface area contributed by atoms with Crippen LogP contribution in [-0.2, 0) is 29.0 Å². The summed E-state index contributed by atoms with van der Waals surface area (Å²) in [6.45, 7) is 2.22. The van der Waals surface area contributed by atoms with Crippen molar-refractivity contribution in [3.8, 4) is 6.07 Å². The van der Waals surface area contributed by atoms with Crippen LogP contribution in [0.25, 0.3) is 0 Å². The van der Waals surface area contributed by atoms with Gasteiger partial charge >= 0.3 is 11.9 Å². The van der Waals surface area contributed by atoms with Crippen molar-refractivity contribution in [2.75, 3.05) is 5.32 Å². The lowest BCUT2D eigenvalue weighted by molar-refractivity contribution is -0.122. The molecular formula is C30H29N3O5. The first-order chi connectivity index (χ1) is 18.3. The summed E-state index contributed by atoms with van der Waals surface area (Å²) in [5, 5.41) is 25.0. The average Bonchev–Trinajstić information content (AvgIpc) is 3.27. The van der Waals surface area contributed by atoms with Gasteiger partial charge in [-0.3, -0.25) is 4.79 Å². The minimum absolute atomic E-state index is 0.220. The number of carboxylic acids is 1. The number of carboxylic acid groups (broad SMARTS) is 1. The van der Waals surface area contributed by atoms with Crippen LogP contribution >= 0.6 is 0 Å². The van der Waals surface area contributed by atoms with Crippen molar-refractivity contribution in [2.24, 2.45) is 0 Å². The number of esters is 1. The summed E-state index contributed by atoms with van der Waals surface area (Å²) in [4.78, 5) is 36.6. The van der Waals surface area contributed by atoms with Crippen molar-refractivity contribution in [3.63, 3.8) is 0 Å². The van der Waals surface area contributed by atoms with Crippen LogP contribution < -0.4 is 10.6 Å². The van der Waals surface area contributed by atoms with Gasteiger partial charge in [0.2, 0.25) is 5.91 Å². The maximum atomic E-state index is 13.4. The Morgan fingerprint density at radius 3 is 2.63 bits per heavy atom. The number of rotatable bonds is 11. The predicted molar refractivity (Wildman–Crippen MR) is 142 cm³/mol. The highest BCUT2D eigenvalue weighted by molar-refractivity contribution is 5.95. The van der Waals surface area contributed by atoms with E-state index in [1.165, 1.54) is 6.07 Å². The highest BCUT2D eigenvalue weighted by atomic mass is 16.5. The van der Waals surface area contributed by atoms with Crippen LogP contribution in [0.15, 0.2) is 66.7 Å². The smallest absolute Gasteiger partial charge is 0.338 e. The van der Waals surface area contributed by atoms with Crippen LogP contribution in [0.3, 0.4) is 0 Å². The number of cyclic esters (lactones) is 1. The van der Waals surface area contributed by atoms with E-state index in [0.29, 0.717) is 36.9 Å². The number of aryl methyl sites for hydroxylation is 2. The number of anilines is 1. The fourth-order valence-corrected chi connectivity index (χ4v) is 4.50. The van der Waals surface area contributed by atoms with E-state index in [0.717, 1.165) is 22.3 Å². The second-order valence-corrected chi connectivity index (χ2v) is 9.43. The molecule has 0 aliphatic carbocycles. The summed E-state index contributed by atoms with van der Waals surface area (Å²) in [7, 11) is 0. The molecule has 38 heavy (non-hydrogen) atoms. The molecule has 194 valence electrons. The Morgan fingerprint density at radius 2 is 1.87 bits per heavy atom. The molecule has 0 aromatic heterocycles.